The maximum absolute atomic E-state index is 13.6. The highest BCUT2D eigenvalue weighted by molar-refractivity contribution is 7.18. The molecular weight excluding hydrogens is 384 g/mol. The topological polar surface area (TPSA) is 63.3 Å². The molecule has 3 heterocycles. The molecule has 7 heteroatoms. The van der Waals surface area contributed by atoms with E-state index in [1.807, 2.05) is 12.1 Å². The molecule has 3 aromatic heterocycles. The van der Waals surface area contributed by atoms with Crippen molar-refractivity contribution < 1.29 is 4.42 Å². The van der Waals surface area contributed by atoms with Gasteiger partial charge in [-0.15, -0.1) is 11.3 Å². The molecule has 0 spiro atoms. The number of nitrogens with one attached hydrogen (secondary N) is 1. The summed E-state index contributed by atoms with van der Waals surface area (Å²) in [6.45, 7) is 8.43. The third-order valence-electron chi connectivity index (χ3n) is 5.82. The van der Waals surface area contributed by atoms with E-state index in [-0.39, 0.29) is 5.56 Å². The van der Waals surface area contributed by atoms with Gasteiger partial charge in [0, 0.05) is 18.0 Å². The Morgan fingerprint density at radius 3 is 2.83 bits per heavy atom. The highest BCUT2D eigenvalue weighted by Crippen LogP contribution is 2.33. The van der Waals surface area contributed by atoms with E-state index in [4.69, 9.17) is 9.40 Å². The van der Waals surface area contributed by atoms with E-state index in [0.29, 0.717) is 12.5 Å². The zero-order valence-electron chi connectivity index (χ0n) is 17.4. The summed E-state index contributed by atoms with van der Waals surface area (Å²) >= 11 is 1.71. The molecule has 4 rings (SSSR count). The molecule has 0 bridgehead atoms. The Morgan fingerprint density at radius 1 is 1.24 bits per heavy atom. The fourth-order valence-corrected chi connectivity index (χ4v) is 5.37. The van der Waals surface area contributed by atoms with Crippen molar-refractivity contribution in [3.63, 3.8) is 0 Å². The van der Waals surface area contributed by atoms with E-state index < -0.39 is 0 Å². The Hall–Kier alpha value is -2.12. The summed E-state index contributed by atoms with van der Waals surface area (Å²) < 4.78 is 7.28. The fourth-order valence-electron chi connectivity index (χ4n) is 4.12. The summed E-state index contributed by atoms with van der Waals surface area (Å²) in [7, 11) is 0. The first-order valence-corrected chi connectivity index (χ1v) is 11.6. The number of anilines is 1. The molecule has 0 atom stereocenters. The van der Waals surface area contributed by atoms with Gasteiger partial charge in [-0.25, -0.2) is 4.98 Å². The normalized spacial score (nSPS) is 14.3. The lowest BCUT2D eigenvalue weighted by atomic mass is 10.1. The van der Waals surface area contributed by atoms with Gasteiger partial charge in [-0.1, -0.05) is 20.3 Å². The van der Waals surface area contributed by atoms with Crippen molar-refractivity contribution in [2.75, 3.05) is 31.5 Å². The lowest BCUT2D eigenvalue weighted by Crippen LogP contribution is -2.31. The summed E-state index contributed by atoms with van der Waals surface area (Å²) in [6.07, 6.45) is 7.30. The minimum absolute atomic E-state index is 0.0520. The molecule has 0 amide bonds. The molecular formula is C22H30N4O2S. The molecule has 0 aliphatic heterocycles. The van der Waals surface area contributed by atoms with Crippen LogP contribution in [0, 0.1) is 0 Å². The highest BCUT2D eigenvalue weighted by atomic mass is 32.1. The third kappa shape index (κ3) is 4.26. The van der Waals surface area contributed by atoms with Crippen LogP contribution >= 0.6 is 11.3 Å². The molecule has 0 saturated heterocycles. The van der Waals surface area contributed by atoms with E-state index in [2.05, 4.69) is 24.1 Å². The molecule has 0 saturated carbocycles. The average Bonchev–Trinajstić information content (AvgIpc) is 3.30. The van der Waals surface area contributed by atoms with Crippen LogP contribution in [-0.2, 0) is 19.4 Å². The number of aromatic nitrogens is 2. The van der Waals surface area contributed by atoms with Gasteiger partial charge in [0.05, 0.1) is 18.2 Å². The Morgan fingerprint density at radius 2 is 2.07 bits per heavy atom. The molecule has 0 unspecified atom stereocenters. The van der Waals surface area contributed by atoms with Crippen LogP contribution in [0.2, 0.25) is 0 Å². The van der Waals surface area contributed by atoms with E-state index in [1.54, 1.807) is 22.2 Å². The second-order valence-electron chi connectivity index (χ2n) is 7.60. The molecule has 6 nitrogen and oxygen atoms in total. The molecule has 0 fully saturated rings. The Balaban J connectivity index is 1.73. The predicted octanol–water partition coefficient (Wildman–Crippen LogP) is 4.12. The van der Waals surface area contributed by atoms with Crippen molar-refractivity contribution in [2.45, 2.75) is 52.5 Å². The van der Waals surface area contributed by atoms with E-state index in [1.165, 1.54) is 23.3 Å². The lowest BCUT2D eigenvalue weighted by Gasteiger charge is -2.19. The van der Waals surface area contributed by atoms with Gasteiger partial charge in [0.25, 0.3) is 5.56 Å². The number of nitrogens with zero attached hydrogens (tertiary/aromatic N) is 3. The number of furan rings is 1. The van der Waals surface area contributed by atoms with Gasteiger partial charge in [-0.3, -0.25) is 9.36 Å². The van der Waals surface area contributed by atoms with E-state index in [9.17, 15) is 4.79 Å². The highest BCUT2D eigenvalue weighted by Gasteiger charge is 2.21. The summed E-state index contributed by atoms with van der Waals surface area (Å²) in [5.74, 6) is 1.41. The molecule has 156 valence electrons. The Kier molecular flexibility index (Phi) is 6.35. The van der Waals surface area contributed by atoms with Gasteiger partial charge in [-0.2, -0.15) is 0 Å². The molecule has 1 aliphatic rings. The molecule has 0 radical (unpaired) electrons. The minimum atomic E-state index is 0.0520. The first kappa shape index (κ1) is 20.2. The second kappa shape index (κ2) is 9.13. The van der Waals surface area contributed by atoms with Gasteiger partial charge in [0.2, 0.25) is 5.95 Å². The fraction of sp³-hybridized carbons (Fsp3) is 0.545. The van der Waals surface area contributed by atoms with Crippen molar-refractivity contribution in [3.05, 3.63) is 45.0 Å². The van der Waals surface area contributed by atoms with Crippen molar-refractivity contribution in [2.24, 2.45) is 0 Å². The second-order valence-corrected chi connectivity index (χ2v) is 8.69. The van der Waals surface area contributed by atoms with Gasteiger partial charge >= 0.3 is 0 Å². The van der Waals surface area contributed by atoms with Gasteiger partial charge < -0.3 is 14.6 Å². The smallest absolute Gasteiger partial charge is 0.264 e. The zero-order chi connectivity index (χ0) is 20.2. The van der Waals surface area contributed by atoms with Crippen LogP contribution in [-0.4, -0.2) is 40.6 Å². The van der Waals surface area contributed by atoms with Gasteiger partial charge in [0.1, 0.15) is 10.6 Å². The van der Waals surface area contributed by atoms with Crippen LogP contribution in [0.4, 0.5) is 5.95 Å². The van der Waals surface area contributed by atoms with Crippen LogP contribution in [0.25, 0.3) is 10.2 Å². The Labute approximate surface area is 175 Å². The van der Waals surface area contributed by atoms with Crippen molar-refractivity contribution in [1.82, 2.24) is 14.5 Å². The average molecular weight is 415 g/mol. The van der Waals surface area contributed by atoms with Gasteiger partial charge in [0.15, 0.2) is 0 Å². The SMILES string of the molecule is CCN(CC)CCNc1nc2sc3c(c2c(=O)n1Cc1ccco1)CCCCC3. The number of aryl methyl sites for hydroxylation is 2. The standard InChI is InChI=1S/C22H30N4O2S/c1-3-25(4-2)13-12-23-22-24-20-19(17-10-6-5-7-11-18(17)29-20)21(27)26(22)15-16-9-8-14-28-16/h8-9,14H,3-7,10-13,15H2,1-2H3,(H,23,24). The number of rotatable bonds is 8. The monoisotopic (exact) mass is 414 g/mol. The van der Waals surface area contributed by atoms with Crippen molar-refractivity contribution in [1.29, 1.82) is 0 Å². The molecule has 0 aromatic carbocycles. The number of hydrogen-bond donors (Lipinski definition) is 1. The van der Waals surface area contributed by atoms with Crippen LogP contribution < -0.4 is 10.9 Å². The minimum Gasteiger partial charge on any atom is -0.467 e. The van der Waals surface area contributed by atoms with Crippen LogP contribution in [0.3, 0.4) is 0 Å². The maximum Gasteiger partial charge on any atom is 0.264 e. The number of fused-ring (bicyclic) bond motifs is 3. The van der Waals surface area contributed by atoms with Crippen LogP contribution in [0.1, 0.15) is 49.3 Å². The summed E-state index contributed by atoms with van der Waals surface area (Å²) in [4.78, 5) is 23.1. The summed E-state index contributed by atoms with van der Waals surface area (Å²) in [5, 5.41) is 4.25. The molecule has 29 heavy (non-hydrogen) atoms. The maximum atomic E-state index is 13.6. The third-order valence-corrected chi connectivity index (χ3v) is 7.01. The predicted molar refractivity (Wildman–Crippen MR) is 119 cm³/mol. The van der Waals surface area contributed by atoms with Crippen molar-refractivity contribution in [3.8, 4) is 0 Å². The first-order valence-electron chi connectivity index (χ1n) is 10.7. The number of hydrogen-bond acceptors (Lipinski definition) is 6. The molecule has 3 aromatic rings. The number of likely N-dealkylation sites (N-methyl/N-ethyl adjacent to an activating group) is 1. The van der Waals surface area contributed by atoms with E-state index >= 15 is 0 Å². The zero-order valence-corrected chi connectivity index (χ0v) is 18.2. The first-order chi connectivity index (χ1) is 14.2. The largest absolute Gasteiger partial charge is 0.467 e. The quantitative estimate of drug-likeness (QED) is 0.562. The lowest BCUT2D eigenvalue weighted by molar-refractivity contribution is 0.315. The summed E-state index contributed by atoms with van der Waals surface area (Å²) in [6, 6.07) is 3.76. The summed E-state index contributed by atoms with van der Waals surface area (Å²) in [5.41, 5.74) is 1.29. The number of thiophene rings is 1. The van der Waals surface area contributed by atoms with Crippen molar-refractivity contribution >= 4 is 27.5 Å². The molecule has 1 N–H and O–H groups in total. The van der Waals surface area contributed by atoms with E-state index in [0.717, 1.165) is 61.4 Å². The van der Waals surface area contributed by atoms with Crippen LogP contribution in [0.15, 0.2) is 27.6 Å². The molecule has 1 aliphatic carbocycles. The van der Waals surface area contributed by atoms with Crippen LogP contribution in [0.5, 0.6) is 0 Å². The Bertz CT molecular complexity index is 1000. The van der Waals surface area contributed by atoms with Gasteiger partial charge in [-0.05, 0) is 56.5 Å².